The highest BCUT2D eigenvalue weighted by Gasteiger charge is 2.46. The summed E-state index contributed by atoms with van der Waals surface area (Å²) in [6.07, 6.45) is 1.25. The molecule has 1 N–H and O–H groups in total. The van der Waals surface area contributed by atoms with E-state index in [1.165, 1.54) is 47.0 Å². The molecule has 1 amide bonds. The Labute approximate surface area is 299 Å². The van der Waals surface area contributed by atoms with E-state index in [9.17, 15) is 35.9 Å². The normalized spacial score (nSPS) is 15.5. The van der Waals surface area contributed by atoms with E-state index < -0.39 is 36.5 Å². The Morgan fingerprint density at radius 1 is 0.698 bits per heavy atom. The molecule has 3 heterocycles. The van der Waals surface area contributed by atoms with Gasteiger partial charge in [-0.15, -0.1) is 10.2 Å². The van der Waals surface area contributed by atoms with Gasteiger partial charge in [0, 0.05) is 48.5 Å². The van der Waals surface area contributed by atoms with Crippen LogP contribution in [0.2, 0.25) is 0 Å². The number of benzene rings is 2. The lowest BCUT2D eigenvalue weighted by atomic mass is 9.91. The minimum Gasteiger partial charge on any atom is -0.413 e. The lowest BCUT2D eigenvalue weighted by Crippen LogP contribution is -2.39. The number of aromatic nitrogens is 6. The number of amides is 1. The van der Waals surface area contributed by atoms with Crippen LogP contribution >= 0.6 is 0 Å². The number of halogens is 6. The van der Waals surface area contributed by atoms with Gasteiger partial charge >= 0.3 is 24.2 Å². The Kier molecular flexibility index (Phi) is 10.2. The minimum atomic E-state index is -5.02. The lowest BCUT2D eigenvalue weighted by Gasteiger charge is -2.15. The third-order valence-electron chi connectivity index (χ3n) is 9.34. The molecule has 0 spiro atoms. The summed E-state index contributed by atoms with van der Waals surface area (Å²) in [5.74, 6) is -3.25. The number of hydrogen-bond acceptors (Lipinski definition) is 9. The number of Topliss-reactive ketones (excluding diaryl/α,β-unsaturated/α-hetero) is 1. The van der Waals surface area contributed by atoms with Gasteiger partial charge in [-0.2, -0.15) is 26.3 Å². The van der Waals surface area contributed by atoms with Crippen molar-refractivity contribution in [2.45, 2.75) is 75.6 Å². The molecule has 0 radical (unpaired) electrons. The van der Waals surface area contributed by atoms with Crippen molar-refractivity contribution in [3.8, 4) is 11.5 Å². The monoisotopic (exact) mass is 737 g/mol. The van der Waals surface area contributed by atoms with E-state index in [1.54, 1.807) is 5.32 Å². The van der Waals surface area contributed by atoms with E-state index in [0.29, 0.717) is 24.5 Å². The highest BCUT2D eigenvalue weighted by Crippen LogP contribution is 2.51. The first kappa shape index (κ1) is 37.2. The largest absolute Gasteiger partial charge is 0.471 e. The summed E-state index contributed by atoms with van der Waals surface area (Å²) in [6.45, 7) is 3.32. The molecule has 5 aromatic rings. The zero-order chi connectivity index (χ0) is 38.0. The number of ketones is 1. The molecule has 7 rings (SSSR count). The predicted molar refractivity (Wildman–Crippen MR) is 177 cm³/mol. The molecular weight excluding hydrogens is 704 g/mol. The van der Waals surface area contributed by atoms with Crippen LogP contribution in [0.4, 0.5) is 26.3 Å². The first-order chi connectivity index (χ1) is 25.1. The molecule has 2 aliphatic rings. The number of carbonyl (C=O) groups excluding carboxylic acids is 2. The molecule has 2 aromatic carbocycles. The van der Waals surface area contributed by atoms with Gasteiger partial charge in [0.15, 0.2) is 5.78 Å². The second-order valence-electron chi connectivity index (χ2n) is 13.4. The van der Waals surface area contributed by atoms with E-state index >= 15 is 0 Å². The van der Waals surface area contributed by atoms with Crippen LogP contribution in [-0.4, -0.2) is 54.5 Å². The number of carbonyl (C=O) groups is 2. The number of aryl methyl sites for hydroxylation is 2. The summed E-state index contributed by atoms with van der Waals surface area (Å²) < 4.78 is 78.6. The van der Waals surface area contributed by atoms with Crippen LogP contribution in [0.15, 0.2) is 77.7 Å². The van der Waals surface area contributed by atoms with Crippen molar-refractivity contribution in [1.29, 1.82) is 0 Å². The van der Waals surface area contributed by atoms with Crippen molar-refractivity contribution in [2.75, 3.05) is 6.54 Å². The Balaban J connectivity index is 0.000000181. The van der Waals surface area contributed by atoms with E-state index in [2.05, 4.69) is 83.1 Å². The van der Waals surface area contributed by atoms with Gasteiger partial charge in [-0.05, 0) is 50.7 Å². The number of rotatable bonds is 10. The fourth-order valence-electron chi connectivity index (χ4n) is 5.82. The minimum absolute atomic E-state index is 0.0138. The number of nitrogens with one attached hydrogen (secondary N) is 1. The van der Waals surface area contributed by atoms with E-state index in [0.717, 1.165) is 25.7 Å². The first-order valence-corrected chi connectivity index (χ1v) is 16.6. The van der Waals surface area contributed by atoms with Crippen LogP contribution in [-0.2, 0) is 34.6 Å². The van der Waals surface area contributed by atoms with Crippen LogP contribution in [0.25, 0.3) is 11.5 Å². The van der Waals surface area contributed by atoms with Gasteiger partial charge in [0.1, 0.15) is 11.6 Å². The average Bonchev–Trinajstić information content (AvgIpc) is 4.03. The highest BCUT2D eigenvalue weighted by molar-refractivity contribution is 5.99. The lowest BCUT2D eigenvalue weighted by molar-refractivity contribution is -0.173. The fraction of sp³-hybridized carbons (Fsp3) is 0.351. The van der Waals surface area contributed by atoms with Crippen LogP contribution in [0.3, 0.4) is 0 Å². The molecule has 0 bridgehead atoms. The summed E-state index contributed by atoms with van der Waals surface area (Å²) in [6, 6.07) is 16.8. The topological polar surface area (TPSA) is 137 Å². The third-order valence-corrected chi connectivity index (χ3v) is 9.34. The standard InChI is InChI=1S/C19H18F3N3O2.C18H15F3N4O/c1-12-2-4-14(5-3-12)18(6-7-18)8-16-23-9-13(10-24-16)15(26)11-25-17(27)19(20,21)22;1-11-2-4-13(5-3-11)17(6-7-17)8-14-22-9-12(10-23-14)15-24-25-16(26-15)18(19,20)21/h2-5,9-10H,6-8,11H2,1H3,(H,25,27);2-5,9-10H,6-8H2,1H3. The maximum Gasteiger partial charge on any atom is 0.471 e. The van der Waals surface area contributed by atoms with Crippen LogP contribution in [0.5, 0.6) is 0 Å². The molecule has 0 aliphatic heterocycles. The maximum atomic E-state index is 12.5. The number of alkyl halides is 6. The Hall–Kier alpha value is -5.54. The smallest absolute Gasteiger partial charge is 0.413 e. The second kappa shape index (κ2) is 14.5. The fourth-order valence-corrected chi connectivity index (χ4v) is 5.82. The van der Waals surface area contributed by atoms with Gasteiger partial charge in [0.05, 0.1) is 17.7 Å². The maximum absolute atomic E-state index is 12.5. The van der Waals surface area contributed by atoms with Crippen molar-refractivity contribution in [1.82, 2.24) is 35.5 Å². The zero-order valence-electron chi connectivity index (χ0n) is 28.6. The molecule has 2 aliphatic carbocycles. The number of hydrogen-bond donors (Lipinski definition) is 1. The van der Waals surface area contributed by atoms with Crippen LogP contribution in [0, 0.1) is 13.8 Å². The number of nitrogens with zero attached hydrogens (tertiary/aromatic N) is 6. The van der Waals surface area contributed by atoms with E-state index in [4.69, 9.17) is 0 Å². The Morgan fingerprint density at radius 2 is 1.15 bits per heavy atom. The average molecular weight is 738 g/mol. The SMILES string of the molecule is Cc1ccc(C2(Cc3ncc(-c4nnc(C(F)(F)F)o4)cn3)CC2)cc1.Cc1ccc(C2(Cc3ncc(C(=O)CNC(=O)C(F)(F)F)cn3)CC2)cc1. The Morgan fingerprint density at radius 3 is 1.55 bits per heavy atom. The van der Waals surface area contributed by atoms with Gasteiger partial charge < -0.3 is 9.73 Å². The summed E-state index contributed by atoms with van der Waals surface area (Å²) in [5.41, 5.74) is 5.28. The summed E-state index contributed by atoms with van der Waals surface area (Å²) in [5, 5.41) is 7.95. The van der Waals surface area contributed by atoms with Crippen molar-refractivity contribution in [3.05, 3.63) is 119 Å². The van der Waals surface area contributed by atoms with E-state index in [1.807, 2.05) is 13.8 Å². The molecule has 2 fully saturated rings. The quantitative estimate of drug-likeness (QED) is 0.118. The second-order valence-corrected chi connectivity index (χ2v) is 13.4. The van der Waals surface area contributed by atoms with Crippen LogP contribution < -0.4 is 5.32 Å². The van der Waals surface area contributed by atoms with Gasteiger partial charge in [-0.25, -0.2) is 19.9 Å². The van der Waals surface area contributed by atoms with Gasteiger partial charge in [0.2, 0.25) is 0 Å². The molecule has 2 saturated carbocycles. The molecule has 16 heteroatoms. The van der Waals surface area contributed by atoms with Crippen molar-refractivity contribution >= 4 is 11.7 Å². The molecule has 10 nitrogen and oxygen atoms in total. The van der Waals surface area contributed by atoms with Crippen molar-refractivity contribution < 1.29 is 40.3 Å². The van der Waals surface area contributed by atoms with Crippen molar-refractivity contribution in [3.63, 3.8) is 0 Å². The van der Waals surface area contributed by atoms with E-state index in [-0.39, 0.29) is 27.8 Å². The molecule has 0 saturated heterocycles. The summed E-state index contributed by atoms with van der Waals surface area (Å²) >= 11 is 0. The molecule has 53 heavy (non-hydrogen) atoms. The predicted octanol–water partition coefficient (Wildman–Crippen LogP) is 7.05. The van der Waals surface area contributed by atoms with Gasteiger partial charge in [0.25, 0.3) is 5.89 Å². The molecule has 276 valence electrons. The van der Waals surface area contributed by atoms with Gasteiger partial charge in [-0.3, -0.25) is 9.59 Å². The Bertz CT molecular complexity index is 2060. The molecule has 0 unspecified atom stereocenters. The van der Waals surface area contributed by atoms with Gasteiger partial charge in [-0.1, -0.05) is 59.7 Å². The molecular formula is C37H33F6N7O3. The third kappa shape index (κ3) is 9.10. The zero-order valence-corrected chi connectivity index (χ0v) is 28.6. The van der Waals surface area contributed by atoms with Crippen molar-refractivity contribution in [2.24, 2.45) is 0 Å². The molecule has 0 atom stereocenters. The molecule has 3 aromatic heterocycles. The highest BCUT2D eigenvalue weighted by atomic mass is 19.4. The first-order valence-electron chi connectivity index (χ1n) is 16.6. The summed E-state index contributed by atoms with van der Waals surface area (Å²) in [7, 11) is 0. The summed E-state index contributed by atoms with van der Waals surface area (Å²) in [4.78, 5) is 39.5. The van der Waals surface area contributed by atoms with Crippen LogP contribution in [0.1, 0.15) is 75.8 Å².